The number of carbonyl (C=O) groups excluding carboxylic acids is 3. The summed E-state index contributed by atoms with van der Waals surface area (Å²) in [5.41, 5.74) is 0.176. The molecule has 1 heterocycles. The van der Waals surface area contributed by atoms with E-state index in [0.29, 0.717) is 5.56 Å². The molecule has 0 bridgehead atoms. The lowest BCUT2D eigenvalue weighted by Gasteiger charge is -2.26. The van der Waals surface area contributed by atoms with E-state index >= 15 is 0 Å². The molecule has 0 aliphatic carbocycles. The molecule has 4 amide bonds. The number of imide groups is 2. The van der Waals surface area contributed by atoms with Gasteiger partial charge in [-0.25, -0.2) is 9.69 Å². The molecule has 2 aromatic carbocycles. The molecule has 0 atom stereocenters. The number of ether oxygens (including phenoxy) is 1. The fraction of sp³-hybridized carbons (Fsp3) is 0.0556. The third-order valence-electron chi connectivity index (χ3n) is 3.79. The van der Waals surface area contributed by atoms with Crippen molar-refractivity contribution in [2.24, 2.45) is 0 Å². The lowest BCUT2D eigenvalue weighted by atomic mass is 10.1. The molecule has 0 aromatic heterocycles. The van der Waals surface area contributed by atoms with Gasteiger partial charge in [0.1, 0.15) is 11.3 Å². The lowest BCUT2D eigenvalue weighted by Crippen LogP contribution is -2.54. The summed E-state index contributed by atoms with van der Waals surface area (Å²) in [5.74, 6) is -1.98. The molecule has 9 heteroatoms. The molecule has 0 saturated carbocycles. The van der Waals surface area contributed by atoms with Crippen molar-refractivity contribution in [3.05, 3.63) is 52.6 Å². The molecule has 27 heavy (non-hydrogen) atoms. The van der Waals surface area contributed by atoms with Crippen LogP contribution in [0, 0.1) is 0 Å². The summed E-state index contributed by atoms with van der Waals surface area (Å²) in [5, 5.41) is 21.2. The summed E-state index contributed by atoms with van der Waals surface area (Å²) in [6, 6.07) is 7.15. The minimum absolute atomic E-state index is 0.0312. The predicted octanol–water partition coefficient (Wildman–Crippen LogP) is 2.43. The molecule has 8 nitrogen and oxygen atoms in total. The number of phenolic OH excluding ortho intramolecular Hbond substituents is 2. The summed E-state index contributed by atoms with van der Waals surface area (Å²) >= 11 is 5.92. The van der Waals surface area contributed by atoms with Crippen molar-refractivity contribution < 1.29 is 29.3 Å². The summed E-state index contributed by atoms with van der Waals surface area (Å²) in [7, 11) is 1.33. The summed E-state index contributed by atoms with van der Waals surface area (Å²) in [4.78, 5) is 37.8. The van der Waals surface area contributed by atoms with Gasteiger partial charge in [0.2, 0.25) is 0 Å². The van der Waals surface area contributed by atoms with Crippen LogP contribution in [0.25, 0.3) is 6.08 Å². The average molecular weight is 389 g/mol. The number of nitrogens with zero attached hydrogens (tertiary/aromatic N) is 1. The molecule has 1 aliphatic heterocycles. The van der Waals surface area contributed by atoms with Crippen LogP contribution in [0.5, 0.6) is 17.2 Å². The number of anilines is 1. The van der Waals surface area contributed by atoms with Crippen LogP contribution in [0.4, 0.5) is 10.5 Å². The molecule has 0 spiro atoms. The number of hydrogen-bond donors (Lipinski definition) is 3. The van der Waals surface area contributed by atoms with Crippen LogP contribution in [0.15, 0.2) is 42.0 Å². The minimum Gasteiger partial charge on any atom is -0.508 e. The monoisotopic (exact) mass is 388 g/mol. The molecule has 0 unspecified atom stereocenters. The van der Waals surface area contributed by atoms with Crippen molar-refractivity contribution in [1.82, 2.24) is 5.32 Å². The second-order valence-corrected chi connectivity index (χ2v) is 5.94. The highest BCUT2D eigenvalue weighted by Crippen LogP contribution is 2.36. The van der Waals surface area contributed by atoms with E-state index in [4.69, 9.17) is 16.3 Å². The zero-order chi connectivity index (χ0) is 19.7. The van der Waals surface area contributed by atoms with Gasteiger partial charge in [0, 0.05) is 0 Å². The number of urea groups is 1. The number of amides is 4. The van der Waals surface area contributed by atoms with E-state index in [1.54, 1.807) is 0 Å². The van der Waals surface area contributed by atoms with E-state index in [0.717, 1.165) is 4.90 Å². The van der Waals surface area contributed by atoms with E-state index in [1.807, 2.05) is 0 Å². The highest BCUT2D eigenvalue weighted by molar-refractivity contribution is 6.39. The van der Waals surface area contributed by atoms with E-state index in [9.17, 15) is 24.6 Å². The van der Waals surface area contributed by atoms with Gasteiger partial charge in [-0.1, -0.05) is 11.6 Å². The highest BCUT2D eigenvalue weighted by Gasteiger charge is 2.36. The Morgan fingerprint density at radius 1 is 1.11 bits per heavy atom. The lowest BCUT2D eigenvalue weighted by molar-refractivity contribution is -0.122. The number of barbiturate groups is 1. The number of nitrogens with one attached hydrogen (secondary N) is 1. The van der Waals surface area contributed by atoms with Crippen LogP contribution in [0.2, 0.25) is 5.02 Å². The third-order valence-corrected chi connectivity index (χ3v) is 4.08. The summed E-state index contributed by atoms with van der Waals surface area (Å²) < 4.78 is 4.99. The molecule has 1 fully saturated rings. The van der Waals surface area contributed by atoms with Crippen molar-refractivity contribution in [1.29, 1.82) is 0 Å². The first-order valence-electron chi connectivity index (χ1n) is 7.59. The van der Waals surface area contributed by atoms with Crippen molar-refractivity contribution in [3.63, 3.8) is 0 Å². The number of benzene rings is 2. The average Bonchev–Trinajstić information content (AvgIpc) is 2.62. The zero-order valence-electron chi connectivity index (χ0n) is 13.9. The standard InChI is InChI=1S/C18H13ClN2O6/c1-27-14-8-9(7-13(19)15(14)23)6-12-16(24)20-18(26)21(17(12)25)10-2-4-11(22)5-3-10/h2-8,22-23H,1H3,(H,20,24,26)/b12-6+. The topological polar surface area (TPSA) is 116 Å². The van der Waals surface area contributed by atoms with E-state index in [1.165, 1.54) is 49.6 Å². The van der Waals surface area contributed by atoms with Crippen molar-refractivity contribution in [3.8, 4) is 17.2 Å². The molecule has 1 aliphatic rings. The van der Waals surface area contributed by atoms with Gasteiger partial charge in [0.15, 0.2) is 11.5 Å². The normalized spacial score (nSPS) is 15.9. The Hall–Kier alpha value is -3.52. The fourth-order valence-electron chi connectivity index (χ4n) is 2.49. The van der Waals surface area contributed by atoms with E-state index in [-0.39, 0.29) is 33.5 Å². The van der Waals surface area contributed by atoms with Crippen molar-refractivity contribution in [2.45, 2.75) is 0 Å². The molecule has 138 valence electrons. The predicted molar refractivity (Wildman–Crippen MR) is 96.8 cm³/mol. The number of hydrogen-bond acceptors (Lipinski definition) is 6. The largest absolute Gasteiger partial charge is 0.508 e. The Kier molecular flexibility index (Phi) is 4.74. The van der Waals surface area contributed by atoms with E-state index in [2.05, 4.69) is 5.32 Å². The van der Waals surface area contributed by atoms with Gasteiger partial charge in [0.05, 0.1) is 17.8 Å². The Labute approximate surface area is 158 Å². The second-order valence-electron chi connectivity index (χ2n) is 5.53. The van der Waals surface area contributed by atoms with Crippen LogP contribution in [-0.4, -0.2) is 35.2 Å². The molecule has 3 N–H and O–H groups in total. The third kappa shape index (κ3) is 3.42. The van der Waals surface area contributed by atoms with Gasteiger partial charge in [0.25, 0.3) is 11.8 Å². The van der Waals surface area contributed by atoms with Gasteiger partial charge in [-0.05, 0) is 48.0 Å². The van der Waals surface area contributed by atoms with Crippen molar-refractivity contribution >= 4 is 41.2 Å². The number of halogens is 1. The molecule has 1 saturated heterocycles. The van der Waals surface area contributed by atoms with Crippen LogP contribution in [0.3, 0.4) is 0 Å². The number of phenols is 2. The fourth-order valence-corrected chi connectivity index (χ4v) is 2.71. The first-order valence-corrected chi connectivity index (χ1v) is 7.96. The number of methoxy groups -OCH3 is 1. The molecule has 0 radical (unpaired) electrons. The number of aromatic hydroxyl groups is 2. The maximum Gasteiger partial charge on any atom is 0.335 e. The van der Waals surface area contributed by atoms with E-state index < -0.39 is 17.8 Å². The van der Waals surface area contributed by atoms with Crippen LogP contribution < -0.4 is 15.0 Å². The van der Waals surface area contributed by atoms with Gasteiger partial charge in [-0.15, -0.1) is 0 Å². The Balaban J connectivity index is 2.04. The maximum atomic E-state index is 12.7. The first kappa shape index (κ1) is 18.3. The second kappa shape index (κ2) is 7.00. The minimum atomic E-state index is -0.908. The van der Waals surface area contributed by atoms with Gasteiger partial charge in [-0.3, -0.25) is 14.9 Å². The smallest absolute Gasteiger partial charge is 0.335 e. The van der Waals surface area contributed by atoms with Crippen molar-refractivity contribution in [2.75, 3.05) is 12.0 Å². The molecule has 3 rings (SSSR count). The molecule has 2 aromatic rings. The first-order chi connectivity index (χ1) is 12.8. The van der Waals surface area contributed by atoms with Crippen LogP contribution in [-0.2, 0) is 9.59 Å². The highest BCUT2D eigenvalue weighted by atomic mass is 35.5. The quantitative estimate of drug-likeness (QED) is 0.549. The SMILES string of the molecule is COc1cc(/C=C2\C(=O)NC(=O)N(c3ccc(O)cc3)C2=O)cc(Cl)c1O. The van der Waals surface area contributed by atoms with Gasteiger partial charge >= 0.3 is 6.03 Å². The summed E-state index contributed by atoms with van der Waals surface area (Å²) in [6.07, 6.45) is 1.23. The molecular formula is C18H13ClN2O6. The number of carbonyl (C=O) groups is 3. The van der Waals surface area contributed by atoms with Crippen LogP contribution in [0.1, 0.15) is 5.56 Å². The Morgan fingerprint density at radius 3 is 2.41 bits per heavy atom. The van der Waals surface area contributed by atoms with Gasteiger partial charge < -0.3 is 14.9 Å². The Morgan fingerprint density at radius 2 is 1.78 bits per heavy atom. The number of rotatable bonds is 3. The summed E-state index contributed by atoms with van der Waals surface area (Å²) in [6.45, 7) is 0. The van der Waals surface area contributed by atoms with Crippen LogP contribution >= 0.6 is 11.6 Å². The maximum absolute atomic E-state index is 12.7. The molecular weight excluding hydrogens is 376 g/mol. The Bertz CT molecular complexity index is 984. The zero-order valence-corrected chi connectivity index (χ0v) is 14.6. The van der Waals surface area contributed by atoms with Gasteiger partial charge in [-0.2, -0.15) is 0 Å².